The summed E-state index contributed by atoms with van der Waals surface area (Å²) in [6, 6.07) is 6.59. The van der Waals surface area contributed by atoms with Crippen LogP contribution in [0.1, 0.15) is 18.9 Å². The van der Waals surface area contributed by atoms with Gasteiger partial charge in [0.2, 0.25) is 0 Å². The van der Waals surface area contributed by atoms with Crippen LogP contribution in [-0.4, -0.2) is 31.6 Å². The van der Waals surface area contributed by atoms with E-state index in [1.54, 1.807) is 0 Å². The Morgan fingerprint density at radius 1 is 1.41 bits per heavy atom. The van der Waals surface area contributed by atoms with Gasteiger partial charge in [-0.25, -0.2) is 0 Å². The molecule has 0 aromatic heterocycles. The number of nitrogens with zero attached hydrogens (tertiary/aromatic N) is 1. The first-order chi connectivity index (χ1) is 7.99. The van der Waals surface area contributed by atoms with Crippen molar-refractivity contribution in [3.8, 4) is 0 Å². The number of hydrogen-bond acceptors (Lipinski definition) is 2. The highest BCUT2D eigenvalue weighted by Gasteiger charge is 2.03. The van der Waals surface area contributed by atoms with Gasteiger partial charge in [-0.3, -0.25) is 0 Å². The maximum absolute atomic E-state index is 6.05. The molecule has 1 N–H and O–H groups in total. The van der Waals surface area contributed by atoms with Crippen molar-refractivity contribution < 1.29 is 0 Å². The summed E-state index contributed by atoms with van der Waals surface area (Å²) in [5.41, 5.74) is 1.22. The summed E-state index contributed by atoms with van der Waals surface area (Å²) in [5.74, 6) is 0. The van der Waals surface area contributed by atoms with Crippen LogP contribution in [0, 0.1) is 0 Å². The van der Waals surface area contributed by atoms with Crippen molar-refractivity contribution in [1.29, 1.82) is 0 Å². The van der Waals surface area contributed by atoms with Gasteiger partial charge < -0.3 is 10.2 Å². The number of rotatable bonds is 6. The van der Waals surface area contributed by atoms with Gasteiger partial charge in [0.25, 0.3) is 0 Å². The lowest BCUT2D eigenvalue weighted by Crippen LogP contribution is -2.29. The van der Waals surface area contributed by atoms with Crippen molar-refractivity contribution in [1.82, 2.24) is 10.2 Å². The van der Waals surface area contributed by atoms with Gasteiger partial charge >= 0.3 is 0 Å². The Kier molecular flexibility index (Phi) is 6.49. The van der Waals surface area contributed by atoms with E-state index < -0.39 is 0 Å². The molecule has 2 nitrogen and oxygen atoms in total. The molecule has 0 amide bonds. The normalized spacial score (nSPS) is 13.1. The predicted molar refractivity (Wildman–Crippen MR) is 78.6 cm³/mol. The third-order valence-corrected chi connectivity index (χ3v) is 3.88. The van der Waals surface area contributed by atoms with E-state index in [0.717, 1.165) is 29.0 Å². The van der Waals surface area contributed by atoms with E-state index in [1.807, 2.05) is 12.1 Å². The number of nitrogens with one attached hydrogen (secondary N) is 1. The van der Waals surface area contributed by atoms with Crippen LogP contribution in [0.25, 0.3) is 0 Å². The van der Waals surface area contributed by atoms with Crippen LogP contribution in [0.5, 0.6) is 0 Å². The Hall–Kier alpha value is -0.0900. The van der Waals surface area contributed by atoms with Crippen LogP contribution in [-0.2, 0) is 6.54 Å². The molecule has 0 bridgehead atoms. The molecule has 1 atom stereocenters. The predicted octanol–water partition coefficient (Wildman–Crippen LogP) is 3.53. The summed E-state index contributed by atoms with van der Waals surface area (Å²) in [5, 5.41) is 4.27. The molecular formula is C13H20BrClN2. The molecule has 1 rings (SSSR count). The minimum Gasteiger partial charge on any atom is -0.310 e. The smallest absolute Gasteiger partial charge is 0.0551 e. The van der Waals surface area contributed by atoms with Crippen molar-refractivity contribution in [2.75, 3.05) is 20.6 Å². The van der Waals surface area contributed by atoms with Gasteiger partial charge in [0, 0.05) is 17.1 Å². The fourth-order valence-electron chi connectivity index (χ4n) is 1.50. The Morgan fingerprint density at radius 2 is 2.12 bits per heavy atom. The van der Waals surface area contributed by atoms with E-state index in [2.05, 4.69) is 53.2 Å². The molecule has 1 unspecified atom stereocenters. The lowest BCUT2D eigenvalue weighted by atomic mass is 10.2. The first-order valence-corrected chi connectivity index (χ1v) is 6.98. The Morgan fingerprint density at radius 3 is 2.71 bits per heavy atom. The zero-order valence-corrected chi connectivity index (χ0v) is 13.0. The number of benzene rings is 1. The van der Waals surface area contributed by atoms with E-state index in [0.29, 0.717) is 6.04 Å². The highest BCUT2D eigenvalue weighted by molar-refractivity contribution is 9.10. The van der Waals surface area contributed by atoms with E-state index >= 15 is 0 Å². The van der Waals surface area contributed by atoms with E-state index in [4.69, 9.17) is 11.6 Å². The lowest BCUT2D eigenvalue weighted by molar-refractivity contribution is 0.365. The SMILES string of the molecule is CC(CCN(C)C)NCc1ccc(Br)c(Cl)c1. The summed E-state index contributed by atoms with van der Waals surface area (Å²) >= 11 is 9.44. The van der Waals surface area contributed by atoms with Crippen molar-refractivity contribution in [2.45, 2.75) is 25.9 Å². The molecule has 1 aromatic rings. The second-order valence-corrected chi connectivity index (χ2v) is 5.88. The fraction of sp³-hybridized carbons (Fsp3) is 0.538. The van der Waals surface area contributed by atoms with Crippen LogP contribution in [0.2, 0.25) is 5.02 Å². The molecule has 17 heavy (non-hydrogen) atoms. The number of halogens is 2. The van der Waals surface area contributed by atoms with Crippen molar-refractivity contribution >= 4 is 27.5 Å². The van der Waals surface area contributed by atoms with Gasteiger partial charge in [0.1, 0.15) is 0 Å². The minimum atomic E-state index is 0.514. The Labute approximate surface area is 117 Å². The number of hydrogen-bond donors (Lipinski definition) is 1. The molecule has 96 valence electrons. The second-order valence-electron chi connectivity index (χ2n) is 4.62. The van der Waals surface area contributed by atoms with Crippen LogP contribution in [0.15, 0.2) is 22.7 Å². The molecule has 1 aromatic carbocycles. The summed E-state index contributed by atoms with van der Waals surface area (Å²) in [7, 11) is 4.20. The van der Waals surface area contributed by atoms with Gasteiger partial charge in [-0.2, -0.15) is 0 Å². The molecule has 0 aliphatic heterocycles. The van der Waals surface area contributed by atoms with Gasteiger partial charge in [0.05, 0.1) is 5.02 Å². The van der Waals surface area contributed by atoms with Crippen LogP contribution in [0.4, 0.5) is 0 Å². The molecule has 0 heterocycles. The highest BCUT2D eigenvalue weighted by atomic mass is 79.9. The third-order valence-electron chi connectivity index (χ3n) is 2.65. The first-order valence-electron chi connectivity index (χ1n) is 5.81. The Balaban J connectivity index is 2.36. The molecule has 0 aliphatic rings. The van der Waals surface area contributed by atoms with Gasteiger partial charge in [-0.05, 0) is 67.6 Å². The maximum Gasteiger partial charge on any atom is 0.0551 e. The van der Waals surface area contributed by atoms with E-state index in [1.165, 1.54) is 5.56 Å². The van der Waals surface area contributed by atoms with E-state index in [9.17, 15) is 0 Å². The zero-order valence-electron chi connectivity index (χ0n) is 10.6. The third kappa shape index (κ3) is 5.87. The molecule has 0 aliphatic carbocycles. The highest BCUT2D eigenvalue weighted by Crippen LogP contribution is 2.23. The standard InChI is InChI=1S/C13H20BrClN2/c1-10(6-7-17(2)3)16-9-11-4-5-12(14)13(15)8-11/h4-5,8,10,16H,6-7,9H2,1-3H3. The van der Waals surface area contributed by atoms with Crippen LogP contribution >= 0.6 is 27.5 Å². The van der Waals surface area contributed by atoms with Crippen molar-refractivity contribution in [2.24, 2.45) is 0 Å². The zero-order chi connectivity index (χ0) is 12.8. The van der Waals surface area contributed by atoms with Crippen molar-refractivity contribution in [3.05, 3.63) is 33.3 Å². The first kappa shape index (κ1) is 15.0. The van der Waals surface area contributed by atoms with Crippen molar-refractivity contribution in [3.63, 3.8) is 0 Å². The molecule has 0 fully saturated rings. The summed E-state index contributed by atoms with van der Waals surface area (Å²) in [6.07, 6.45) is 1.15. The minimum absolute atomic E-state index is 0.514. The quantitative estimate of drug-likeness (QED) is 0.863. The lowest BCUT2D eigenvalue weighted by Gasteiger charge is -2.16. The second kappa shape index (κ2) is 7.37. The largest absolute Gasteiger partial charge is 0.310 e. The van der Waals surface area contributed by atoms with E-state index in [-0.39, 0.29) is 0 Å². The molecule has 0 spiro atoms. The molecule has 0 saturated carbocycles. The monoisotopic (exact) mass is 318 g/mol. The van der Waals surface area contributed by atoms with Crippen LogP contribution in [0.3, 0.4) is 0 Å². The summed E-state index contributed by atoms with van der Waals surface area (Å²) in [4.78, 5) is 2.20. The van der Waals surface area contributed by atoms with Gasteiger partial charge in [-0.15, -0.1) is 0 Å². The summed E-state index contributed by atoms with van der Waals surface area (Å²) < 4.78 is 0.948. The van der Waals surface area contributed by atoms with Gasteiger partial charge in [0.15, 0.2) is 0 Å². The molecule has 4 heteroatoms. The fourth-order valence-corrected chi connectivity index (χ4v) is 1.95. The maximum atomic E-state index is 6.05. The Bertz CT molecular complexity index is 355. The molecular weight excluding hydrogens is 300 g/mol. The average molecular weight is 320 g/mol. The topological polar surface area (TPSA) is 15.3 Å². The summed E-state index contributed by atoms with van der Waals surface area (Å²) in [6.45, 7) is 4.18. The van der Waals surface area contributed by atoms with Crippen LogP contribution < -0.4 is 5.32 Å². The van der Waals surface area contributed by atoms with Gasteiger partial charge in [-0.1, -0.05) is 17.7 Å². The average Bonchev–Trinajstić information content (AvgIpc) is 2.28. The molecule has 0 saturated heterocycles. The molecule has 0 radical (unpaired) electrons.